The minimum Gasteiger partial charge on any atom is -0.496 e. The van der Waals surface area contributed by atoms with E-state index in [0.29, 0.717) is 0 Å². The first kappa shape index (κ1) is 12.9. The summed E-state index contributed by atoms with van der Waals surface area (Å²) in [5, 5.41) is 2.59. The van der Waals surface area contributed by atoms with E-state index in [9.17, 15) is 0 Å². The zero-order chi connectivity index (χ0) is 13.0. The lowest BCUT2D eigenvalue weighted by Gasteiger charge is -2.16. The van der Waals surface area contributed by atoms with Gasteiger partial charge in [0.2, 0.25) is 0 Å². The Balaban J connectivity index is 2.38. The Morgan fingerprint density at radius 2 is 1.89 bits per heavy atom. The number of likely N-dealkylation sites (N-methyl/N-ethyl adjacent to an activating group) is 1. The Labute approximate surface area is 109 Å². The van der Waals surface area contributed by atoms with Gasteiger partial charge in [-0.1, -0.05) is 37.3 Å². The number of hydrogen-bond acceptors (Lipinski definition) is 2. The second kappa shape index (κ2) is 5.87. The highest BCUT2D eigenvalue weighted by molar-refractivity contribution is 5.87. The van der Waals surface area contributed by atoms with Crippen molar-refractivity contribution in [3.05, 3.63) is 42.0 Å². The predicted molar refractivity (Wildman–Crippen MR) is 77.4 cm³/mol. The van der Waals surface area contributed by atoms with E-state index in [1.807, 2.05) is 0 Å². The zero-order valence-corrected chi connectivity index (χ0v) is 11.4. The normalized spacial score (nSPS) is 11.1. The van der Waals surface area contributed by atoms with Gasteiger partial charge in [-0.25, -0.2) is 0 Å². The molecule has 0 unspecified atom stereocenters. The lowest BCUT2D eigenvalue weighted by molar-refractivity contribution is 0.353. The molecule has 0 aliphatic carbocycles. The van der Waals surface area contributed by atoms with Crippen LogP contribution in [0.25, 0.3) is 10.8 Å². The Morgan fingerprint density at radius 1 is 1.11 bits per heavy atom. The maximum atomic E-state index is 5.50. The van der Waals surface area contributed by atoms with Crippen molar-refractivity contribution >= 4 is 10.8 Å². The number of fused-ring (bicyclic) bond motifs is 1. The van der Waals surface area contributed by atoms with Crippen molar-refractivity contribution < 1.29 is 4.74 Å². The van der Waals surface area contributed by atoms with E-state index in [1.54, 1.807) is 7.11 Å². The molecule has 0 N–H and O–H groups in total. The van der Waals surface area contributed by atoms with Crippen LogP contribution in [0.1, 0.15) is 12.5 Å². The maximum Gasteiger partial charge on any atom is 0.122 e. The molecule has 96 valence electrons. The Bertz CT molecular complexity index is 521. The first-order valence-corrected chi connectivity index (χ1v) is 6.49. The fraction of sp³-hybridized carbons (Fsp3) is 0.375. The van der Waals surface area contributed by atoms with E-state index in [-0.39, 0.29) is 0 Å². The van der Waals surface area contributed by atoms with Crippen LogP contribution < -0.4 is 4.74 Å². The number of hydrogen-bond donors (Lipinski definition) is 0. The fourth-order valence-corrected chi connectivity index (χ4v) is 2.23. The van der Waals surface area contributed by atoms with Crippen LogP contribution in [-0.4, -0.2) is 32.1 Å². The first-order chi connectivity index (χ1) is 8.76. The lowest BCUT2D eigenvalue weighted by atomic mass is 10.0. The highest BCUT2D eigenvalue weighted by Crippen LogP contribution is 2.28. The van der Waals surface area contributed by atoms with E-state index >= 15 is 0 Å². The van der Waals surface area contributed by atoms with Crippen molar-refractivity contribution in [3.63, 3.8) is 0 Å². The molecule has 2 aromatic carbocycles. The molecule has 0 saturated heterocycles. The summed E-state index contributed by atoms with van der Waals surface area (Å²) in [4.78, 5) is 2.32. The summed E-state index contributed by atoms with van der Waals surface area (Å²) in [6.45, 7) is 4.31. The van der Waals surface area contributed by atoms with Crippen molar-refractivity contribution in [2.24, 2.45) is 0 Å². The average Bonchev–Trinajstić information content (AvgIpc) is 2.44. The van der Waals surface area contributed by atoms with Gasteiger partial charge in [-0.15, -0.1) is 0 Å². The summed E-state index contributed by atoms with van der Waals surface area (Å²) in [7, 11) is 3.90. The van der Waals surface area contributed by atoms with E-state index in [1.165, 1.54) is 16.3 Å². The minimum absolute atomic E-state index is 0.998. The molecule has 2 aromatic rings. The highest BCUT2D eigenvalue weighted by Gasteiger charge is 2.08. The Hall–Kier alpha value is -1.54. The molecule has 2 rings (SSSR count). The third-order valence-corrected chi connectivity index (χ3v) is 3.50. The predicted octanol–water partition coefficient (Wildman–Crippen LogP) is 3.34. The van der Waals surface area contributed by atoms with Crippen molar-refractivity contribution in [1.82, 2.24) is 4.90 Å². The summed E-state index contributed by atoms with van der Waals surface area (Å²) in [5.41, 5.74) is 1.32. The average molecular weight is 243 g/mol. The molecule has 2 nitrogen and oxygen atoms in total. The van der Waals surface area contributed by atoms with Gasteiger partial charge >= 0.3 is 0 Å². The molecular formula is C16H21NO. The second-order valence-electron chi connectivity index (χ2n) is 4.61. The van der Waals surface area contributed by atoms with E-state index < -0.39 is 0 Å². The van der Waals surface area contributed by atoms with Crippen molar-refractivity contribution in [1.29, 1.82) is 0 Å². The van der Waals surface area contributed by atoms with Gasteiger partial charge in [0.1, 0.15) is 5.75 Å². The van der Waals surface area contributed by atoms with Crippen molar-refractivity contribution in [2.75, 3.05) is 27.2 Å². The summed E-state index contributed by atoms with van der Waals surface area (Å²) in [6, 6.07) is 12.7. The molecule has 0 saturated carbocycles. The number of methoxy groups -OCH3 is 1. The molecule has 0 amide bonds. The molecule has 0 aliphatic heterocycles. The molecule has 0 atom stereocenters. The van der Waals surface area contributed by atoms with Gasteiger partial charge in [0.25, 0.3) is 0 Å². The SMILES string of the molecule is CCN(C)CCc1c(OC)ccc2ccccc12. The van der Waals surface area contributed by atoms with Crippen LogP contribution >= 0.6 is 0 Å². The van der Waals surface area contributed by atoms with Gasteiger partial charge in [-0.3, -0.25) is 0 Å². The van der Waals surface area contributed by atoms with Crippen LogP contribution in [0.15, 0.2) is 36.4 Å². The highest BCUT2D eigenvalue weighted by atomic mass is 16.5. The molecule has 0 fully saturated rings. The zero-order valence-electron chi connectivity index (χ0n) is 11.4. The van der Waals surface area contributed by atoms with E-state index in [2.05, 4.69) is 55.3 Å². The summed E-state index contributed by atoms with van der Waals surface area (Å²) in [5.74, 6) is 0.998. The molecule has 18 heavy (non-hydrogen) atoms. The van der Waals surface area contributed by atoms with Gasteiger partial charge in [-0.05, 0) is 36.9 Å². The van der Waals surface area contributed by atoms with E-state index in [0.717, 1.165) is 25.3 Å². The lowest BCUT2D eigenvalue weighted by Crippen LogP contribution is -2.20. The summed E-state index contributed by atoms with van der Waals surface area (Å²) in [6.07, 6.45) is 1.02. The van der Waals surface area contributed by atoms with Gasteiger partial charge in [0, 0.05) is 12.1 Å². The monoisotopic (exact) mass is 243 g/mol. The van der Waals surface area contributed by atoms with Gasteiger partial charge in [0.15, 0.2) is 0 Å². The number of rotatable bonds is 5. The first-order valence-electron chi connectivity index (χ1n) is 6.49. The van der Waals surface area contributed by atoms with Crippen molar-refractivity contribution in [3.8, 4) is 5.75 Å². The quantitative estimate of drug-likeness (QED) is 0.798. The Kier molecular flexibility index (Phi) is 4.21. The van der Waals surface area contributed by atoms with Crippen LogP contribution in [0.4, 0.5) is 0 Å². The van der Waals surface area contributed by atoms with Crippen LogP contribution in [0.3, 0.4) is 0 Å². The molecule has 0 spiro atoms. The van der Waals surface area contributed by atoms with Crippen LogP contribution in [-0.2, 0) is 6.42 Å². The number of benzene rings is 2. The van der Waals surface area contributed by atoms with Gasteiger partial charge in [0.05, 0.1) is 7.11 Å². The van der Waals surface area contributed by atoms with Gasteiger partial charge < -0.3 is 9.64 Å². The second-order valence-corrected chi connectivity index (χ2v) is 4.61. The number of nitrogens with zero attached hydrogens (tertiary/aromatic N) is 1. The Morgan fingerprint density at radius 3 is 2.61 bits per heavy atom. The molecular weight excluding hydrogens is 222 g/mol. The molecule has 2 heteroatoms. The molecule has 0 radical (unpaired) electrons. The molecule has 0 bridgehead atoms. The molecule has 0 heterocycles. The summed E-state index contributed by atoms with van der Waals surface area (Å²) >= 11 is 0. The van der Waals surface area contributed by atoms with Crippen LogP contribution in [0.2, 0.25) is 0 Å². The molecule has 0 aliphatic rings. The number of ether oxygens (including phenoxy) is 1. The maximum absolute atomic E-state index is 5.50. The third-order valence-electron chi connectivity index (χ3n) is 3.50. The van der Waals surface area contributed by atoms with Crippen LogP contribution in [0, 0.1) is 0 Å². The van der Waals surface area contributed by atoms with Gasteiger partial charge in [-0.2, -0.15) is 0 Å². The van der Waals surface area contributed by atoms with Crippen LogP contribution in [0.5, 0.6) is 5.75 Å². The van der Waals surface area contributed by atoms with E-state index in [4.69, 9.17) is 4.74 Å². The topological polar surface area (TPSA) is 12.5 Å². The third kappa shape index (κ3) is 2.65. The van der Waals surface area contributed by atoms with Crippen molar-refractivity contribution in [2.45, 2.75) is 13.3 Å². The largest absolute Gasteiger partial charge is 0.496 e. The minimum atomic E-state index is 0.998. The standard InChI is InChI=1S/C16H21NO/c1-4-17(2)12-11-15-14-8-6-5-7-13(14)9-10-16(15)18-3/h5-10H,4,11-12H2,1-3H3. The fourth-order valence-electron chi connectivity index (χ4n) is 2.23. The molecule has 0 aromatic heterocycles. The summed E-state index contributed by atoms with van der Waals surface area (Å²) < 4.78 is 5.50. The smallest absolute Gasteiger partial charge is 0.122 e.